The van der Waals surface area contributed by atoms with E-state index in [0.29, 0.717) is 6.04 Å². The Morgan fingerprint density at radius 1 is 1.18 bits per heavy atom. The summed E-state index contributed by atoms with van der Waals surface area (Å²) in [7, 11) is 0. The number of rotatable bonds is 6. The van der Waals surface area contributed by atoms with Crippen LogP contribution < -0.4 is 5.32 Å². The predicted octanol–water partition coefficient (Wildman–Crippen LogP) is 4.09. The highest BCUT2D eigenvalue weighted by atomic mass is 32.1. The van der Waals surface area contributed by atoms with Crippen molar-refractivity contribution >= 4 is 22.7 Å². The van der Waals surface area contributed by atoms with E-state index in [1.165, 1.54) is 14.6 Å². The fourth-order valence-corrected chi connectivity index (χ4v) is 3.53. The fourth-order valence-electron chi connectivity index (χ4n) is 1.78. The Morgan fingerprint density at radius 3 is 2.65 bits per heavy atom. The third-order valence-electron chi connectivity index (χ3n) is 2.78. The maximum Gasteiger partial charge on any atom is 0.0302 e. The van der Waals surface area contributed by atoms with E-state index in [4.69, 9.17) is 0 Å². The summed E-state index contributed by atoms with van der Waals surface area (Å²) in [5.74, 6) is 0. The number of hydrogen-bond donors (Lipinski definition) is 1. The van der Waals surface area contributed by atoms with Gasteiger partial charge in [0, 0.05) is 27.2 Å². The first-order valence-electron chi connectivity index (χ1n) is 6.11. The van der Waals surface area contributed by atoms with Crippen molar-refractivity contribution in [1.82, 2.24) is 5.32 Å². The van der Waals surface area contributed by atoms with Crippen LogP contribution in [0.4, 0.5) is 0 Å². The maximum absolute atomic E-state index is 3.59. The molecule has 2 rings (SSSR count). The lowest BCUT2D eigenvalue weighted by molar-refractivity contribution is 0.552. The molecule has 0 spiro atoms. The lowest BCUT2D eigenvalue weighted by Gasteiger charge is -2.11. The molecule has 0 aliphatic heterocycles. The Bertz CT molecular complexity index is 431. The molecule has 2 heterocycles. The molecule has 0 aliphatic rings. The quantitative estimate of drug-likeness (QED) is 0.829. The van der Waals surface area contributed by atoms with E-state index in [-0.39, 0.29) is 0 Å². The van der Waals surface area contributed by atoms with Crippen LogP contribution in [0.1, 0.15) is 28.5 Å². The lowest BCUT2D eigenvalue weighted by Crippen LogP contribution is -2.26. The highest BCUT2D eigenvalue weighted by Crippen LogP contribution is 2.17. The van der Waals surface area contributed by atoms with Gasteiger partial charge < -0.3 is 5.32 Å². The molecule has 3 heteroatoms. The van der Waals surface area contributed by atoms with Gasteiger partial charge in [0.05, 0.1) is 0 Å². The van der Waals surface area contributed by atoms with Gasteiger partial charge in [0.25, 0.3) is 0 Å². The molecule has 0 saturated carbocycles. The Kier molecular flexibility index (Phi) is 4.77. The molecule has 0 saturated heterocycles. The zero-order chi connectivity index (χ0) is 12.1. The first-order valence-corrected chi connectivity index (χ1v) is 7.81. The second-order valence-electron chi connectivity index (χ2n) is 4.29. The van der Waals surface area contributed by atoms with Crippen LogP contribution in [0.5, 0.6) is 0 Å². The Labute approximate surface area is 112 Å². The van der Waals surface area contributed by atoms with Crippen molar-refractivity contribution in [2.45, 2.75) is 39.3 Å². The summed E-state index contributed by atoms with van der Waals surface area (Å²) in [6.07, 6.45) is 2.28. The van der Waals surface area contributed by atoms with Crippen LogP contribution in [0.3, 0.4) is 0 Å². The normalized spacial score (nSPS) is 12.8. The number of thiophene rings is 2. The van der Waals surface area contributed by atoms with Gasteiger partial charge in [0.1, 0.15) is 0 Å². The Hall–Kier alpha value is -0.640. The lowest BCUT2D eigenvalue weighted by atomic mass is 10.2. The summed E-state index contributed by atoms with van der Waals surface area (Å²) in [6.45, 7) is 5.47. The zero-order valence-electron chi connectivity index (χ0n) is 10.4. The minimum Gasteiger partial charge on any atom is -0.309 e. The number of hydrogen-bond acceptors (Lipinski definition) is 3. The molecule has 1 atom stereocenters. The molecule has 0 fully saturated rings. The van der Waals surface area contributed by atoms with Gasteiger partial charge in [-0.1, -0.05) is 13.0 Å². The fraction of sp³-hybridized carbons (Fsp3) is 0.429. The minimum absolute atomic E-state index is 0.542. The largest absolute Gasteiger partial charge is 0.309 e. The Balaban J connectivity index is 1.77. The summed E-state index contributed by atoms with van der Waals surface area (Å²) in [6, 6.07) is 9.36. The topological polar surface area (TPSA) is 12.0 Å². The van der Waals surface area contributed by atoms with Crippen LogP contribution in [0.2, 0.25) is 0 Å². The van der Waals surface area contributed by atoms with Crippen molar-refractivity contribution in [1.29, 1.82) is 0 Å². The van der Waals surface area contributed by atoms with Gasteiger partial charge in [-0.2, -0.15) is 0 Å². The SMILES string of the molecule is CCc1ccc(CNC(C)Cc2cccs2)s1. The third-order valence-corrected chi connectivity index (χ3v) is 4.91. The molecule has 0 aliphatic carbocycles. The van der Waals surface area contributed by atoms with Crippen LogP contribution in [-0.2, 0) is 19.4 Å². The van der Waals surface area contributed by atoms with Crippen molar-refractivity contribution in [3.8, 4) is 0 Å². The molecular weight excluding hydrogens is 246 g/mol. The molecule has 0 amide bonds. The van der Waals surface area contributed by atoms with Gasteiger partial charge in [0.15, 0.2) is 0 Å². The summed E-state index contributed by atoms with van der Waals surface area (Å²) >= 11 is 3.77. The first-order chi connectivity index (χ1) is 8.28. The molecule has 0 bridgehead atoms. The van der Waals surface area contributed by atoms with Crippen LogP contribution in [0.15, 0.2) is 29.6 Å². The molecular formula is C14H19NS2. The maximum atomic E-state index is 3.59. The Morgan fingerprint density at radius 2 is 2.00 bits per heavy atom. The van der Waals surface area contributed by atoms with Gasteiger partial charge in [-0.15, -0.1) is 22.7 Å². The number of nitrogens with one attached hydrogen (secondary N) is 1. The molecule has 1 unspecified atom stereocenters. The summed E-state index contributed by atoms with van der Waals surface area (Å²) in [5.41, 5.74) is 0. The van der Waals surface area contributed by atoms with E-state index in [0.717, 1.165) is 19.4 Å². The van der Waals surface area contributed by atoms with E-state index in [2.05, 4.69) is 48.8 Å². The predicted molar refractivity (Wildman–Crippen MR) is 78.0 cm³/mol. The molecule has 92 valence electrons. The molecule has 17 heavy (non-hydrogen) atoms. The monoisotopic (exact) mass is 265 g/mol. The van der Waals surface area contributed by atoms with Crippen LogP contribution in [0.25, 0.3) is 0 Å². The summed E-state index contributed by atoms with van der Waals surface area (Å²) in [4.78, 5) is 4.39. The van der Waals surface area contributed by atoms with Gasteiger partial charge >= 0.3 is 0 Å². The van der Waals surface area contributed by atoms with Gasteiger partial charge in [-0.05, 0) is 43.3 Å². The van der Waals surface area contributed by atoms with E-state index in [9.17, 15) is 0 Å². The van der Waals surface area contributed by atoms with E-state index in [1.807, 2.05) is 22.7 Å². The third kappa shape index (κ3) is 3.95. The minimum atomic E-state index is 0.542. The first kappa shape index (κ1) is 12.8. The second-order valence-corrected chi connectivity index (χ2v) is 6.57. The summed E-state index contributed by atoms with van der Waals surface area (Å²) in [5, 5.41) is 5.74. The number of aryl methyl sites for hydroxylation is 1. The molecule has 0 aromatic carbocycles. The standard InChI is InChI=1S/C14H19NS2/c1-3-12-6-7-14(17-12)10-15-11(2)9-13-5-4-8-16-13/h4-8,11,15H,3,9-10H2,1-2H3. The smallest absolute Gasteiger partial charge is 0.0302 e. The van der Waals surface area contributed by atoms with Crippen molar-refractivity contribution in [2.24, 2.45) is 0 Å². The van der Waals surface area contributed by atoms with Crippen molar-refractivity contribution < 1.29 is 0 Å². The average molecular weight is 265 g/mol. The highest BCUT2D eigenvalue weighted by molar-refractivity contribution is 7.12. The van der Waals surface area contributed by atoms with Crippen molar-refractivity contribution in [3.63, 3.8) is 0 Å². The highest BCUT2D eigenvalue weighted by Gasteiger charge is 2.05. The average Bonchev–Trinajstić information content (AvgIpc) is 2.96. The molecule has 2 aromatic heterocycles. The van der Waals surface area contributed by atoms with Crippen molar-refractivity contribution in [3.05, 3.63) is 44.3 Å². The second kappa shape index (κ2) is 6.34. The zero-order valence-corrected chi connectivity index (χ0v) is 12.0. The van der Waals surface area contributed by atoms with E-state index < -0.39 is 0 Å². The van der Waals surface area contributed by atoms with E-state index >= 15 is 0 Å². The molecule has 1 N–H and O–H groups in total. The van der Waals surface area contributed by atoms with E-state index in [1.54, 1.807) is 0 Å². The molecule has 0 radical (unpaired) electrons. The van der Waals surface area contributed by atoms with Gasteiger partial charge in [-0.3, -0.25) is 0 Å². The van der Waals surface area contributed by atoms with Gasteiger partial charge in [-0.25, -0.2) is 0 Å². The van der Waals surface area contributed by atoms with Crippen LogP contribution >= 0.6 is 22.7 Å². The van der Waals surface area contributed by atoms with Crippen LogP contribution in [0, 0.1) is 0 Å². The molecule has 2 aromatic rings. The van der Waals surface area contributed by atoms with Crippen molar-refractivity contribution in [2.75, 3.05) is 0 Å². The van der Waals surface area contributed by atoms with Crippen LogP contribution in [-0.4, -0.2) is 6.04 Å². The summed E-state index contributed by atoms with van der Waals surface area (Å²) < 4.78 is 0. The van der Waals surface area contributed by atoms with Gasteiger partial charge in [0.2, 0.25) is 0 Å². The molecule has 1 nitrogen and oxygen atoms in total.